The van der Waals surface area contributed by atoms with E-state index in [9.17, 15) is 39.0 Å². The van der Waals surface area contributed by atoms with Gasteiger partial charge in [-0.05, 0) is 99.3 Å². The molecule has 4 fully saturated rings. The zero-order valence-corrected chi connectivity index (χ0v) is 58.5. The maximum Gasteiger partial charge on any atom is 0.330 e. The van der Waals surface area contributed by atoms with Crippen molar-refractivity contribution in [1.82, 2.24) is 111 Å². The van der Waals surface area contributed by atoms with Crippen molar-refractivity contribution in [2.24, 2.45) is 29.5 Å². The number of aromatic amines is 1. The highest BCUT2D eigenvalue weighted by molar-refractivity contribution is 6.34. The number of hydrazine groups is 2. The second-order valence-corrected chi connectivity index (χ2v) is 26.2. The van der Waals surface area contributed by atoms with Crippen LogP contribution >= 0.6 is 23.2 Å². The Hall–Kier alpha value is -11.8. The van der Waals surface area contributed by atoms with Gasteiger partial charge in [0.15, 0.2) is 67.3 Å². The average Bonchev–Trinajstić information content (AvgIpc) is 1.58. The third-order valence-corrected chi connectivity index (χ3v) is 18.2. The molecule has 0 radical (unpaired) electrons. The number of anilines is 7. The fourth-order valence-electron chi connectivity index (χ4n) is 12.1. The van der Waals surface area contributed by atoms with E-state index in [1.165, 1.54) is 39.7 Å². The van der Waals surface area contributed by atoms with E-state index in [2.05, 4.69) is 76.2 Å². The number of furan rings is 2. The first-order chi connectivity index (χ1) is 51.6. The second-order valence-electron chi connectivity index (χ2n) is 25.5. The summed E-state index contributed by atoms with van der Waals surface area (Å²) in [5.74, 6) is 8.48. The van der Waals surface area contributed by atoms with Gasteiger partial charge < -0.3 is 73.4 Å². The van der Waals surface area contributed by atoms with Crippen molar-refractivity contribution in [3.63, 3.8) is 0 Å². The fraction of sp³-hybridized carbons (Fsp3) is 0.426. The Morgan fingerprint density at radius 2 is 0.888 bits per heavy atom. The van der Waals surface area contributed by atoms with Gasteiger partial charge in [-0.2, -0.15) is 49.4 Å². The molecular weight excluding hydrogens is 1450 g/mol. The molecule has 0 atom stereocenters. The molecule has 1 amide bonds. The van der Waals surface area contributed by atoms with Crippen molar-refractivity contribution in [1.29, 1.82) is 0 Å². The van der Waals surface area contributed by atoms with Crippen molar-refractivity contribution in [3.05, 3.63) is 105 Å². The number of aromatic nitrogens is 22. The summed E-state index contributed by atoms with van der Waals surface area (Å²) in [6, 6.07) is 6.61. The predicted molar refractivity (Wildman–Crippen MR) is 388 cm³/mol. The first-order valence-electron chi connectivity index (χ1n) is 33.8. The summed E-state index contributed by atoms with van der Waals surface area (Å²) in [6.07, 6.45) is 11.7. The summed E-state index contributed by atoms with van der Waals surface area (Å²) in [7, 11) is 0. The molecular formula is C61H75Cl2N31O13. The van der Waals surface area contributed by atoms with Gasteiger partial charge in [-0.25, -0.2) is 34.8 Å². The Kier molecular flexibility index (Phi) is 21.4. The number of carbonyl (C=O) groups excluding carboxylic acids is 1. The van der Waals surface area contributed by atoms with E-state index in [1.807, 2.05) is 0 Å². The number of H-pyrrole nitrogens is 1. The van der Waals surface area contributed by atoms with Crippen molar-refractivity contribution >= 4 is 132 Å². The van der Waals surface area contributed by atoms with Gasteiger partial charge in [0.2, 0.25) is 35.6 Å². The summed E-state index contributed by atoms with van der Waals surface area (Å²) in [6.45, 7) is 2.16. The van der Waals surface area contributed by atoms with Crippen molar-refractivity contribution in [2.75, 3.05) is 72.6 Å². The maximum atomic E-state index is 12.9. The van der Waals surface area contributed by atoms with Crippen LogP contribution in [0.15, 0.2) is 69.6 Å². The number of aliphatic hydroxyl groups is 5. The van der Waals surface area contributed by atoms with E-state index in [1.54, 1.807) is 42.7 Å². The fourth-order valence-corrected chi connectivity index (χ4v) is 12.5. The van der Waals surface area contributed by atoms with Gasteiger partial charge in [-0.15, -0.1) is 5.10 Å². The van der Waals surface area contributed by atoms with E-state index in [4.69, 9.17) is 81.9 Å². The molecule has 13 aromatic rings. The van der Waals surface area contributed by atoms with Crippen LogP contribution in [0.5, 0.6) is 0 Å². The lowest BCUT2D eigenvalue weighted by Crippen LogP contribution is -2.30. The zero-order chi connectivity index (χ0) is 75.6. The number of aliphatic hydroxyl groups excluding tert-OH is 5. The molecule has 4 aliphatic carbocycles. The lowest BCUT2D eigenvalue weighted by molar-refractivity contribution is 0.0935. The van der Waals surface area contributed by atoms with Crippen LogP contribution in [0, 0.1) is 23.7 Å². The number of amides is 1. The summed E-state index contributed by atoms with van der Waals surface area (Å²) < 4.78 is 25.1. The van der Waals surface area contributed by atoms with Crippen LogP contribution in [0.2, 0.25) is 10.3 Å². The molecule has 0 aliphatic heterocycles. The second kappa shape index (κ2) is 31.1. The predicted octanol–water partition coefficient (Wildman–Crippen LogP) is -1.15. The van der Waals surface area contributed by atoms with Crippen LogP contribution in [0.1, 0.15) is 61.9 Å². The van der Waals surface area contributed by atoms with Crippen molar-refractivity contribution in [3.8, 4) is 11.6 Å². The number of rotatable bonds is 23. The first-order valence-corrected chi connectivity index (χ1v) is 34.6. The smallest absolute Gasteiger partial charge is 0.330 e. The van der Waals surface area contributed by atoms with E-state index >= 15 is 0 Å². The number of hydrogen-bond donors (Lipinski definition) is 15. The number of nitrogen functional groups attached to an aromatic ring is 6. The summed E-state index contributed by atoms with van der Waals surface area (Å²) in [5.41, 5.74) is 39.3. The van der Waals surface area contributed by atoms with Gasteiger partial charge in [-0.3, -0.25) is 56.8 Å². The highest BCUT2D eigenvalue weighted by Gasteiger charge is 2.32. The van der Waals surface area contributed by atoms with Crippen molar-refractivity contribution in [2.45, 2.75) is 110 Å². The molecule has 0 spiro atoms. The first kappa shape index (κ1) is 73.5. The third kappa shape index (κ3) is 15.4. The maximum absolute atomic E-state index is 12.9. The van der Waals surface area contributed by atoms with Crippen LogP contribution in [-0.4, -0.2) is 170 Å². The molecule has 4 saturated carbocycles. The van der Waals surface area contributed by atoms with Crippen molar-refractivity contribution < 1.29 is 39.2 Å². The molecule has 13 heterocycles. The van der Waals surface area contributed by atoms with Gasteiger partial charge in [0.1, 0.15) is 27.6 Å². The monoisotopic (exact) mass is 1520 g/mol. The normalized spacial score (nSPS) is 14.1. The van der Waals surface area contributed by atoms with Gasteiger partial charge in [-0.1, -0.05) is 23.2 Å². The molecule has 0 aromatic carbocycles. The van der Waals surface area contributed by atoms with E-state index < -0.39 is 11.6 Å². The standard InChI is InChI=1S/C16H19N7O4.C16H17N7O3.C11H14ClN5O2.C11H17N7O2.C7H8ClN5O2/c17-15-18-12(20-21-14(25)10-2-1-7-27-10)11-13(19-15)22(5-6-24)16(26)23(11)8-9-3-4-9;17-15-19-13-11(14-18-12(20-23(14)15)10-2-1-7-26-10)22(8-9-3-4-9)16(25)21(13)5-6-24;12-8-7-9(15-10(13)14-8)16(3-4-18)11(19)17(7)5-6-1-2-6;12-10-14-8(16-13)7-9(15-10)17(3-4-19)11(20)18(7)5-6-1-2-6;8-4-3-5(12-6(9)11-4)13(1-2-14)7(15)10-3/h1-2,7,9,24H,3-6,8H2,(H,21,25)(H3,17,18,19,20);1-2,7,9,24H,3-6,8H2,(H2,17,19);6,18H,1-5H2,(H2,13,14,15);6,19H,1-5,13H2,(H3,12,14,15,16);14H,1-2H2,(H,10,15)(H2,9,11,12). The third-order valence-electron chi connectivity index (χ3n) is 17.7. The number of fused-ring (bicyclic) bond motifs is 7. The number of nitrogens with zero attached hydrogens (tertiary/aromatic N) is 21. The molecule has 107 heavy (non-hydrogen) atoms. The molecule has 0 unspecified atom stereocenters. The number of nitrogens with one attached hydrogen (secondary N) is 4. The summed E-state index contributed by atoms with van der Waals surface area (Å²) in [4.78, 5) is 117. The van der Waals surface area contributed by atoms with Gasteiger partial charge in [0.05, 0.1) is 78.3 Å². The Morgan fingerprint density at radius 3 is 1.35 bits per heavy atom. The Balaban J connectivity index is 0.000000120. The van der Waals surface area contributed by atoms with Crippen LogP contribution in [0.25, 0.3) is 73.1 Å². The average molecular weight is 1520 g/mol. The quantitative estimate of drug-likeness (QED) is 0.0204. The van der Waals surface area contributed by atoms with Crippen LogP contribution in [0.3, 0.4) is 0 Å². The number of nitrogens with two attached hydrogens (primary N) is 6. The Bertz CT molecular complexity index is 5750. The zero-order valence-electron chi connectivity index (χ0n) is 56.9. The minimum atomic E-state index is -0.504. The lowest BCUT2D eigenvalue weighted by atomic mass is 10.4. The number of imidazole rings is 5. The Morgan fingerprint density at radius 1 is 0.477 bits per heavy atom. The number of halogens is 2. The molecule has 13 aromatic heterocycles. The number of hydrogen-bond acceptors (Lipinski definition) is 32. The molecule has 0 bridgehead atoms. The van der Waals surface area contributed by atoms with Crippen LogP contribution < -0.4 is 79.2 Å². The number of carbonyl (C=O) groups is 1. The highest BCUT2D eigenvalue weighted by Crippen LogP contribution is 2.36. The van der Waals surface area contributed by atoms with Gasteiger partial charge in [0.25, 0.3) is 0 Å². The SMILES string of the molecule is NNc1nc(N)nc2c1n(CC1CC1)c(=O)n2CCO.Nc1nc(Cl)c2[nH]c(=O)n(CCO)c2n1.Nc1nc(Cl)c2c(n1)n(CCO)c(=O)n2CC1CC1.Nc1nc(NNC(=O)c2ccco2)c2c(n1)n(CCO)c(=O)n2CC1CC1.Nc1nc2c(c3nc(-c4ccco4)nn13)n(CC1CC1)c(=O)n2CCO. The van der Waals surface area contributed by atoms with Crippen LogP contribution in [-0.2, 0) is 58.9 Å². The highest BCUT2D eigenvalue weighted by atomic mass is 35.5. The summed E-state index contributed by atoms with van der Waals surface area (Å²) in [5, 5.41) is 50.3. The molecule has 4 aliphatic rings. The molecule has 21 N–H and O–H groups in total. The van der Waals surface area contributed by atoms with Gasteiger partial charge in [0, 0.05) is 26.2 Å². The molecule has 17 rings (SSSR count). The van der Waals surface area contributed by atoms with E-state index in [-0.39, 0.29) is 140 Å². The molecule has 566 valence electrons. The van der Waals surface area contributed by atoms with Crippen LogP contribution in [0.4, 0.5) is 41.4 Å². The van der Waals surface area contributed by atoms with E-state index in [0.29, 0.717) is 129 Å². The largest absolute Gasteiger partial charge is 0.461 e. The minimum Gasteiger partial charge on any atom is -0.461 e. The molecule has 44 nitrogen and oxygen atoms in total. The molecule has 46 heteroatoms. The molecule has 0 saturated heterocycles. The lowest BCUT2D eigenvalue weighted by Gasteiger charge is -2.10. The van der Waals surface area contributed by atoms with E-state index in [0.717, 1.165) is 51.4 Å². The van der Waals surface area contributed by atoms with Gasteiger partial charge >= 0.3 is 34.4 Å². The summed E-state index contributed by atoms with van der Waals surface area (Å²) >= 11 is 11.9. The Labute approximate surface area is 608 Å². The topological polar surface area (TPSA) is 628 Å². The minimum absolute atomic E-state index is 0.0156.